The molecule has 2 aromatic carbocycles. The van der Waals surface area contributed by atoms with E-state index in [1.807, 2.05) is 36.4 Å². The van der Waals surface area contributed by atoms with Crippen LogP contribution in [-0.2, 0) is 14.3 Å². The molecule has 0 bridgehead atoms. The summed E-state index contributed by atoms with van der Waals surface area (Å²) in [7, 11) is 0. The van der Waals surface area contributed by atoms with Gasteiger partial charge in [0.25, 0.3) is 5.91 Å². The van der Waals surface area contributed by atoms with Crippen molar-refractivity contribution >= 4 is 28.6 Å². The molecule has 7 nitrogen and oxygen atoms in total. The van der Waals surface area contributed by atoms with Gasteiger partial charge in [-0.3, -0.25) is 14.4 Å². The van der Waals surface area contributed by atoms with Crippen molar-refractivity contribution in [1.29, 1.82) is 0 Å². The molecule has 0 aromatic heterocycles. The number of carbonyl (C=O) groups excluding carboxylic acids is 2. The van der Waals surface area contributed by atoms with E-state index in [0.29, 0.717) is 31.6 Å². The first-order chi connectivity index (χ1) is 13.5. The quantitative estimate of drug-likeness (QED) is 0.762. The SMILES string of the molecule is O=C(O)CN(C(=O)CCNC(=O)c1ccc2ccccc2c1)C1CCOCC1. The van der Waals surface area contributed by atoms with E-state index in [4.69, 9.17) is 9.84 Å². The third-order valence-electron chi connectivity index (χ3n) is 4.89. The van der Waals surface area contributed by atoms with Crippen molar-refractivity contribution in [3.63, 3.8) is 0 Å². The zero-order valence-corrected chi connectivity index (χ0v) is 15.6. The van der Waals surface area contributed by atoms with Crippen LogP contribution >= 0.6 is 0 Å². The van der Waals surface area contributed by atoms with Gasteiger partial charge in [0.1, 0.15) is 6.54 Å². The lowest BCUT2D eigenvalue weighted by atomic mass is 10.1. The van der Waals surface area contributed by atoms with Crippen LogP contribution in [0.4, 0.5) is 0 Å². The largest absolute Gasteiger partial charge is 0.480 e. The van der Waals surface area contributed by atoms with Crippen LogP contribution in [0.3, 0.4) is 0 Å². The summed E-state index contributed by atoms with van der Waals surface area (Å²) < 4.78 is 5.28. The number of nitrogens with zero attached hydrogens (tertiary/aromatic N) is 1. The molecule has 148 valence electrons. The number of ether oxygens (including phenoxy) is 1. The number of aliphatic carboxylic acids is 1. The first-order valence-electron chi connectivity index (χ1n) is 9.40. The highest BCUT2D eigenvalue weighted by molar-refractivity contribution is 5.98. The van der Waals surface area contributed by atoms with Crippen LogP contribution in [0.1, 0.15) is 29.6 Å². The van der Waals surface area contributed by atoms with Crippen molar-refractivity contribution in [3.8, 4) is 0 Å². The molecule has 0 atom stereocenters. The zero-order valence-electron chi connectivity index (χ0n) is 15.6. The number of rotatable bonds is 7. The van der Waals surface area contributed by atoms with Gasteiger partial charge in [-0.05, 0) is 35.7 Å². The molecule has 0 aliphatic carbocycles. The Balaban J connectivity index is 1.56. The lowest BCUT2D eigenvalue weighted by Crippen LogP contribution is -2.46. The standard InChI is InChI=1S/C21H24N2O5/c24-19(23(14-20(25)26)18-8-11-28-12-9-18)7-10-22-21(27)17-6-5-15-3-1-2-4-16(15)13-17/h1-6,13,18H,7-12,14H2,(H,22,27)(H,25,26). The second-order valence-electron chi connectivity index (χ2n) is 6.83. The summed E-state index contributed by atoms with van der Waals surface area (Å²) in [6, 6.07) is 13.1. The Labute approximate surface area is 163 Å². The number of fused-ring (bicyclic) bond motifs is 1. The van der Waals surface area contributed by atoms with E-state index < -0.39 is 5.97 Å². The summed E-state index contributed by atoms with van der Waals surface area (Å²) >= 11 is 0. The minimum Gasteiger partial charge on any atom is -0.480 e. The fourth-order valence-corrected chi connectivity index (χ4v) is 3.42. The Hall–Kier alpha value is -2.93. The van der Waals surface area contributed by atoms with Crippen LogP contribution in [0.2, 0.25) is 0 Å². The van der Waals surface area contributed by atoms with Crippen molar-refractivity contribution in [1.82, 2.24) is 10.2 Å². The van der Waals surface area contributed by atoms with Gasteiger partial charge < -0.3 is 20.1 Å². The predicted molar refractivity (Wildman–Crippen MR) is 104 cm³/mol. The van der Waals surface area contributed by atoms with E-state index in [9.17, 15) is 14.4 Å². The number of hydrogen-bond acceptors (Lipinski definition) is 4. The van der Waals surface area contributed by atoms with E-state index in [0.717, 1.165) is 10.8 Å². The van der Waals surface area contributed by atoms with Crippen LogP contribution < -0.4 is 5.32 Å². The van der Waals surface area contributed by atoms with Crippen molar-refractivity contribution in [2.24, 2.45) is 0 Å². The summed E-state index contributed by atoms with van der Waals surface area (Å²) in [5.74, 6) is -1.57. The predicted octanol–water partition coefficient (Wildman–Crippen LogP) is 2.05. The molecule has 2 aromatic rings. The van der Waals surface area contributed by atoms with Crippen LogP contribution in [0.5, 0.6) is 0 Å². The minimum atomic E-state index is -1.04. The van der Waals surface area contributed by atoms with Gasteiger partial charge in [0, 0.05) is 37.8 Å². The Morgan fingerprint density at radius 2 is 1.79 bits per heavy atom. The maximum absolute atomic E-state index is 12.5. The van der Waals surface area contributed by atoms with Gasteiger partial charge in [0.05, 0.1) is 0 Å². The summed E-state index contributed by atoms with van der Waals surface area (Å²) in [4.78, 5) is 37.4. The molecule has 2 amide bonds. The third-order valence-corrected chi connectivity index (χ3v) is 4.89. The second-order valence-corrected chi connectivity index (χ2v) is 6.83. The lowest BCUT2D eigenvalue weighted by molar-refractivity contribution is -0.147. The maximum Gasteiger partial charge on any atom is 0.323 e. The second kappa shape index (κ2) is 9.32. The Kier molecular flexibility index (Phi) is 6.60. The molecule has 0 unspecified atom stereocenters. The monoisotopic (exact) mass is 384 g/mol. The number of amides is 2. The van der Waals surface area contributed by atoms with Crippen molar-refractivity contribution < 1.29 is 24.2 Å². The Morgan fingerprint density at radius 1 is 1.07 bits per heavy atom. The lowest BCUT2D eigenvalue weighted by Gasteiger charge is -2.33. The molecular weight excluding hydrogens is 360 g/mol. The van der Waals surface area contributed by atoms with Crippen LogP contribution in [0.25, 0.3) is 10.8 Å². The fourth-order valence-electron chi connectivity index (χ4n) is 3.42. The molecular formula is C21H24N2O5. The number of carboxylic acids is 1. The van der Waals surface area contributed by atoms with Crippen molar-refractivity contribution in [2.45, 2.75) is 25.3 Å². The average molecular weight is 384 g/mol. The van der Waals surface area contributed by atoms with Gasteiger partial charge in [-0.15, -0.1) is 0 Å². The van der Waals surface area contributed by atoms with Gasteiger partial charge in [-0.1, -0.05) is 30.3 Å². The Bertz CT molecular complexity index is 861. The summed E-state index contributed by atoms with van der Waals surface area (Å²) in [6.07, 6.45) is 1.31. The zero-order chi connectivity index (χ0) is 19.9. The van der Waals surface area contributed by atoms with Gasteiger partial charge in [-0.2, -0.15) is 0 Å². The topological polar surface area (TPSA) is 95.9 Å². The molecule has 28 heavy (non-hydrogen) atoms. The molecule has 1 saturated heterocycles. The molecule has 0 radical (unpaired) electrons. The first-order valence-corrected chi connectivity index (χ1v) is 9.40. The van der Waals surface area contributed by atoms with Gasteiger partial charge >= 0.3 is 5.97 Å². The van der Waals surface area contributed by atoms with E-state index in [2.05, 4.69) is 5.32 Å². The summed E-state index contributed by atoms with van der Waals surface area (Å²) in [5.41, 5.74) is 0.526. The highest BCUT2D eigenvalue weighted by atomic mass is 16.5. The summed E-state index contributed by atoms with van der Waals surface area (Å²) in [6.45, 7) is 0.867. The molecule has 1 heterocycles. The molecule has 1 fully saturated rings. The van der Waals surface area contributed by atoms with Gasteiger partial charge in [-0.25, -0.2) is 0 Å². The van der Waals surface area contributed by atoms with Gasteiger partial charge in [0.2, 0.25) is 5.91 Å². The first kappa shape index (κ1) is 19.8. The summed E-state index contributed by atoms with van der Waals surface area (Å²) in [5, 5.41) is 13.9. The molecule has 3 rings (SSSR count). The van der Waals surface area contributed by atoms with Crippen LogP contribution in [0, 0.1) is 0 Å². The number of hydrogen-bond donors (Lipinski definition) is 2. The van der Waals surface area contributed by atoms with E-state index in [-0.39, 0.29) is 37.4 Å². The molecule has 2 N–H and O–H groups in total. The third kappa shape index (κ3) is 5.07. The highest BCUT2D eigenvalue weighted by Gasteiger charge is 2.27. The molecule has 1 aliphatic heterocycles. The van der Waals surface area contributed by atoms with Crippen LogP contribution in [-0.4, -0.2) is 60.1 Å². The minimum absolute atomic E-state index is 0.0595. The molecule has 1 aliphatic rings. The average Bonchev–Trinajstić information content (AvgIpc) is 2.72. The number of nitrogens with one attached hydrogen (secondary N) is 1. The molecule has 0 spiro atoms. The fraction of sp³-hybridized carbons (Fsp3) is 0.381. The van der Waals surface area contributed by atoms with E-state index >= 15 is 0 Å². The maximum atomic E-state index is 12.5. The smallest absolute Gasteiger partial charge is 0.323 e. The Morgan fingerprint density at radius 3 is 2.50 bits per heavy atom. The normalized spacial score (nSPS) is 14.6. The molecule has 0 saturated carbocycles. The van der Waals surface area contributed by atoms with Crippen LogP contribution in [0.15, 0.2) is 42.5 Å². The molecule has 7 heteroatoms. The number of benzene rings is 2. The van der Waals surface area contributed by atoms with E-state index in [1.54, 1.807) is 6.07 Å². The van der Waals surface area contributed by atoms with Crippen molar-refractivity contribution in [3.05, 3.63) is 48.0 Å². The highest BCUT2D eigenvalue weighted by Crippen LogP contribution is 2.17. The number of carbonyl (C=O) groups is 3. The van der Waals surface area contributed by atoms with Crippen molar-refractivity contribution in [2.75, 3.05) is 26.3 Å². The van der Waals surface area contributed by atoms with E-state index in [1.165, 1.54) is 4.90 Å². The number of carboxylic acid groups (broad SMARTS) is 1. The van der Waals surface area contributed by atoms with Gasteiger partial charge in [0.15, 0.2) is 0 Å².